The van der Waals surface area contributed by atoms with Crippen LogP contribution < -0.4 is 0 Å². The number of rotatable bonds is 4. The third-order valence-electron chi connectivity index (χ3n) is 4.20. The molecule has 0 saturated carbocycles. The summed E-state index contributed by atoms with van der Waals surface area (Å²) < 4.78 is 40.1. The molecule has 1 fully saturated rings. The third kappa shape index (κ3) is 3.75. The van der Waals surface area contributed by atoms with Gasteiger partial charge in [-0.05, 0) is 42.8 Å². The van der Waals surface area contributed by atoms with E-state index in [1.807, 2.05) is 13.0 Å². The summed E-state index contributed by atoms with van der Waals surface area (Å²) in [6.45, 7) is 3.15. The first kappa shape index (κ1) is 18.0. The number of hydrogen-bond donors (Lipinski definition) is 0. The van der Waals surface area contributed by atoms with Gasteiger partial charge in [0, 0.05) is 36.6 Å². The van der Waals surface area contributed by atoms with Crippen LogP contribution in [-0.4, -0.2) is 49.7 Å². The predicted molar refractivity (Wildman–Crippen MR) is 94.8 cm³/mol. The Morgan fingerprint density at radius 1 is 1.08 bits per heavy atom. The standard InChI is InChI=1S/C17H19FN2O3S2/c1-2-15-7-8-16(24-15)25(22,23)20-11-9-19(10-12-20)17(21)13-3-5-14(18)6-4-13/h3-8H,2,9-12H2,1H3. The number of thiophene rings is 1. The van der Waals surface area contributed by atoms with E-state index in [1.54, 1.807) is 11.0 Å². The molecule has 2 aromatic rings. The molecule has 0 spiro atoms. The summed E-state index contributed by atoms with van der Waals surface area (Å²) >= 11 is 1.29. The molecular formula is C17H19FN2O3S2. The van der Waals surface area contributed by atoms with Crippen molar-refractivity contribution in [3.05, 3.63) is 52.7 Å². The van der Waals surface area contributed by atoms with E-state index < -0.39 is 15.8 Å². The molecule has 134 valence electrons. The van der Waals surface area contributed by atoms with Crippen molar-refractivity contribution in [1.29, 1.82) is 0 Å². The molecule has 1 aliphatic rings. The molecule has 1 aliphatic heterocycles. The van der Waals surface area contributed by atoms with Gasteiger partial charge in [0.2, 0.25) is 0 Å². The number of piperazine rings is 1. The van der Waals surface area contributed by atoms with Crippen LogP contribution in [0.4, 0.5) is 4.39 Å². The lowest BCUT2D eigenvalue weighted by Gasteiger charge is -2.33. The zero-order chi connectivity index (χ0) is 18.0. The van der Waals surface area contributed by atoms with Gasteiger partial charge >= 0.3 is 0 Å². The maximum absolute atomic E-state index is 13.0. The number of carbonyl (C=O) groups excluding carboxylic acids is 1. The Hall–Kier alpha value is -1.77. The van der Waals surface area contributed by atoms with E-state index in [0.29, 0.717) is 22.9 Å². The number of sulfonamides is 1. The van der Waals surface area contributed by atoms with Crippen LogP contribution in [0.2, 0.25) is 0 Å². The van der Waals surface area contributed by atoms with Crippen molar-refractivity contribution in [3.63, 3.8) is 0 Å². The third-order valence-corrected chi connectivity index (χ3v) is 7.79. The Kier molecular flexibility index (Phi) is 5.21. The van der Waals surface area contributed by atoms with Gasteiger partial charge < -0.3 is 4.90 Å². The zero-order valence-electron chi connectivity index (χ0n) is 13.8. The van der Waals surface area contributed by atoms with E-state index in [9.17, 15) is 17.6 Å². The lowest BCUT2D eigenvalue weighted by atomic mass is 10.2. The second-order valence-electron chi connectivity index (χ2n) is 5.78. The molecule has 0 bridgehead atoms. The number of benzene rings is 1. The van der Waals surface area contributed by atoms with Gasteiger partial charge in [0.25, 0.3) is 15.9 Å². The number of amides is 1. The van der Waals surface area contributed by atoms with Gasteiger partial charge in [-0.3, -0.25) is 4.79 Å². The fourth-order valence-corrected chi connectivity index (χ4v) is 5.59. The van der Waals surface area contributed by atoms with E-state index in [0.717, 1.165) is 11.3 Å². The fraction of sp³-hybridized carbons (Fsp3) is 0.353. The molecule has 1 aromatic carbocycles. The van der Waals surface area contributed by atoms with Gasteiger partial charge in [-0.2, -0.15) is 4.31 Å². The maximum atomic E-state index is 13.0. The van der Waals surface area contributed by atoms with E-state index in [2.05, 4.69) is 0 Å². The summed E-state index contributed by atoms with van der Waals surface area (Å²) in [6, 6.07) is 8.87. The van der Waals surface area contributed by atoms with Crippen LogP contribution in [0.1, 0.15) is 22.2 Å². The van der Waals surface area contributed by atoms with Crippen molar-refractivity contribution in [1.82, 2.24) is 9.21 Å². The van der Waals surface area contributed by atoms with Crippen molar-refractivity contribution >= 4 is 27.3 Å². The highest BCUT2D eigenvalue weighted by Gasteiger charge is 2.31. The molecule has 0 radical (unpaired) electrons. The predicted octanol–water partition coefficient (Wildman–Crippen LogP) is 2.60. The molecule has 1 aromatic heterocycles. The Morgan fingerprint density at radius 3 is 2.28 bits per heavy atom. The maximum Gasteiger partial charge on any atom is 0.253 e. The number of nitrogens with zero attached hydrogens (tertiary/aromatic N) is 2. The highest BCUT2D eigenvalue weighted by molar-refractivity contribution is 7.91. The second-order valence-corrected chi connectivity index (χ2v) is 9.11. The SMILES string of the molecule is CCc1ccc(S(=O)(=O)N2CCN(C(=O)c3ccc(F)cc3)CC2)s1. The molecule has 0 N–H and O–H groups in total. The molecule has 8 heteroatoms. The summed E-state index contributed by atoms with van der Waals surface area (Å²) in [5.74, 6) is -0.601. The Bertz CT molecular complexity index is 854. The summed E-state index contributed by atoms with van der Waals surface area (Å²) in [5.41, 5.74) is 0.406. The van der Waals surface area contributed by atoms with Crippen LogP contribution in [0, 0.1) is 5.82 Å². The lowest BCUT2D eigenvalue weighted by molar-refractivity contribution is 0.0698. The minimum absolute atomic E-state index is 0.207. The number of halogens is 1. The molecule has 0 atom stereocenters. The van der Waals surface area contributed by atoms with Crippen molar-refractivity contribution in [2.75, 3.05) is 26.2 Å². The van der Waals surface area contributed by atoms with E-state index in [4.69, 9.17) is 0 Å². The topological polar surface area (TPSA) is 57.7 Å². The lowest BCUT2D eigenvalue weighted by Crippen LogP contribution is -2.50. The fourth-order valence-electron chi connectivity index (χ4n) is 2.72. The molecule has 1 saturated heterocycles. The average Bonchev–Trinajstić information content (AvgIpc) is 3.12. The van der Waals surface area contributed by atoms with Crippen molar-refractivity contribution in [2.24, 2.45) is 0 Å². The highest BCUT2D eigenvalue weighted by atomic mass is 32.2. The largest absolute Gasteiger partial charge is 0.336 e. The summed E-state index contributed by atoms with van der Waals surface area (Å²) in [7, 11) is -3.51. The minimum Gasteiger partial charge on any atom is -0.336 e. The first-order valence-electron chi connectivity index (χ1n) is 8.05. The molecule has 1 amide bonds. The summed E-state index contributed by atoms with van der Waals surface area (Å²) in [6.07, 6.45) is 0.806. The average molecular weight is 382 g/mol. The Morgan fingerprint density at radius 2 is 1.72 bits per heavy atom. The molecule has 0 aliphatic carbocycles. The van der Waals surface area contributed by atoms with Crippen LogP contribution in [-0.2, 0) is 16.4 Å². The van der Waals surface area contributed by atoms with Crippen molar-refractivity contribution in [3.8, 4) is 0 Å². The van der Waals surface area contributed by atoms with Gasteiger partial charge in [0.05, 0.1) is 0 Å². The van der Waals surface area contributed by atoms with Gasteiger partial charge in [0.1, 0.15) is 10.0 Å². The molecule has 5 nitrogen and oxygen atoms in total. The smallest absolute Gasteiger partial charge is 0.253 e. The Balaban J connectivity index is 1.67. The number of hydrogen-bond acceptors (Lipinski definition) is 4. The van der Waals surface area contributed by atoms with E-state index in [-0.39, 0.29) is 19.0 Å². The zero-order valence-corrected chi connectivity index (χ0v) is 15.4. The quantitative estimate of drug-likeness (QED) is 0.817. The van der Waals surface area contributed by atoms with Crippen LogP contribution in [0.25, 0.3) is 0 Å². The van der Waals surface area contributed by atoms with E-state index in [1.165, 1.54) is 39.9 Å². The molecular weight excluding hydrogens is 363 g/mol. The molecule has 3 rings (SSSR count). The van der Waals surface area contributed by atoms with Crippen LogP contribution >= 0.6 is 11.3 Å². The van der Waals surface area contributed by atoms with E-state index >= 15 is 0 Å². The van der Waals surface area contributed by atoms with Crippen LogP contribution in [0.5, 0.6) is 0 Å². The number of carbonyl (C=O) groups is 1. The van der Waals surface area contributed by atoms with Crippen LogP contribution in [0.15, 0.2) is 40.6 Å². The van der Waals surface area contributed by atoms with Crippen molar-refractivity contribution < 1.29 is 17.6 Å². The monoisotopic (exact) mass is 382 g/mol. The molecule has 2 heterocycles. The van der Waals surface area contributed by atoms with Gasteiger partial charge in [-0.15, -0.1) is 11.3 Å². The van der Waals surface area contributed by atoms with Gasteiger partial charge in [-0.1, -0.05) is 6.92 Å². The molecule has 0 unspecified atom stereocenters. The van der Waals surface area contributed by atoms with Gasteiger partial charge in [0.15, 0.2) is 0 Å². The minimum atomic E-state index is -3.51. The normalized spacial score (nSPS) is 16.2. The second kappa shape index (κ2) is 7.23. The number of aryl methyl sites for hydroxylation is 1. The first-order chi connectivity index (χ1) is 11.9. The Labute approximate surface area is 150 Å². The summed E-state index contributed by atoms with van der Waals surface area (Å²) in [5, 5.41) is 0. The first-order valence-corrected chi connectivity index (χ1v) is 10.3. The van der Waals surface area contributed by atoms with Gasteiger partial charge in [-0.25, -0.2) is 12.8 Å². The molecule has 25 heavy (non-hydrogen) atoms. The summed E-state index contributed by atoms with van der Waals surface area (Å²) in [4.78, 5) is 15.1. The highest BCUT2D eigenvalue weighted by Crippen LogP contribution is 2.26. The van der Waals surface area contributed by atoms with Crippen LogP contribution in [0.3, 0.4) is 0 Å². The van der Waals surface area contributed by atoms with Crippen molar-refractivity contribution in [2.45, 2.75) is 17.6 Å².